The maximum atomic E-state index is 13.1. The zero-order valence-electron chi connectivity index (χ0n) is 17.9. The lowest BCUT2D eigenvalue weighted by Crippen LogP contribution is -2.42. The van der Waals surface area contributed by atoms with E-state index in [0.29, 0.717) is 26.1 Å². The van der Waals surface area contributed by atoms with Crippen LogP contribution in [0.5, 0.6) is 5.75 Å². The number of esters is 1. The zero-order valence-corrected chi connectivity index (χ0v) is 18.7. The third-order valence-electron chi connectivity index (χ3n) is 5.55. The molecule has 3 heterocycles. The largest absolute Gasteiger partial charge is 0.497 e. The minimum Gasteiger partial charge on any atom is -0.497 e. The van der Waals surface area contributed by atoms with Crippen LogP contribution in [0.4, 0.5) is 0 Å². The number of hydrogen-bond acceptors (Lipinski definition) is 8. The smallest absolute Gasteiger partial charge is 0.360 e. The Balaban J connectivity index is 1.46. The van der Waals surface area contributed by atoms with Crippen molar-refractivity contribution in [2.45, 2.75) is 31.6 Å². The van der Waals surface area contributed by atoms with Gasteiger partial charge in [0.15, 0.2) is 5.69 Å². The number of nitrogens with zero attached hydrogens (tertiary/aromatic N) is 4. The third-order valence-corrected chi connectivity index (χ3v) is 6.29. The Bertz CT molecular complexity index is 1050. The number of methoxy groups -OCH3 is 2. The molecule has 0 bridgehead atoms. The molecule has 4 rings (SSSR count). The van der Waals surface area contributed by atoms with E-state index in [2.05, 4.69) is 32.0 Å². The van der Waals surface area contributed by atoms with Crippen molar-refractivity contribution in [2.24, 2.45) is 0 Å². The van der Waals surface area contributed by atoms with Gasteiger partial charge in [-0.1, -0.05) is 17.3 Å². The number of rotatable bonds is 8. The van der Waals surface area contributed by atoms with Crippen LogP contribution in [0.1, 0.15) is 34.1 Å². The number of hydrogen-bond donors (Lipinski definition) is 1. The fourth-order valence-corrected chi connectivity index (χ4v) is 4.50. The molecule has 1 amide bonds. The normalized spacial score (nSPS) is 18.4. The molecular weight excluding hydrogens is 430 g/mol. The minimum atomic E-state index is -0.529. The van der Waals surface area contributed by atoms with Crippen molar-refractivity contribution in [3.05, 3.63) is 64.1 Å². The second-order valence-corrected chi connectivity index (χ2v) is 8.39. The monoisotopic (exact) mass is 455 g/mol. The standard InChI is InChI=1S/C22H25N5O4S/c1-30-18-5-3-15(4-6-18)10-23-21(28)20-9-17(12-26(20)11-16-7-8-32-14-16)27-13-19(24-25-27)22(29)31-2/h3-8,13-14,17,20H,9-12H2,1-2H3,(H,23,28)/t17-,20+/m1/s1. The van der Waals surface area contributed by atoms with Gasteiger partial charge in [0, 0.05) is 19.6 Å². The molecule has 3 aromatic rings. The molecule has 0 radical (unpaired) electrons. The van der Waals surface area contributed by atoms with Gasteiger partial charge in [0.1, 0.15) is 5.75 Å². The molecule has 0 aliphatic carbocycles. The topological polar surface area (TPSA) is 98.6 Å². The third kappa shape index (κ3) is 4.97. The van der Waals surface area contributed by atoms with E-state index in [4.69, 9.17) is 9.47 Å². The van der Waals surface area contributed by atoms with Gasteiger partial charge >= 0.3 is 5.97 Å². The summed E-state index contributed by atoms with van der Waals surface area (Å²) in [6.45, 7) is 1.73. The minimum absolute atomic E-state index is 0.0353. The Morgan fingerprint density at radius 2 is 2.00 bits per heavy atom. The second kappa shape index (κ2) is 9.92. The maximum Gasteiger partial charge on any atom is 0.360 e. The highest BCUT2D eigenvalue weighted by atomic mass is 32.1. The number of carbonyl (C=O) groups excluding carboxylic acids is 2. The van der Waals surface area contributed by atoms with Gasteiger partial charge in [-0.25, -0.2) is 9.48 Å². The Morgan fingerprint density at radius 3 is 2.69 bits per heavy atom. The number of amides is 1. The lowest BCUT2D eigenvalue weighted by molar-refractivity contribution is -0.125. The number of likely N-dealkylation sites (tertiary alicyclic amines) is 1. The van der Waals surface area contributed by atoms with E-state index in [1.54, 1.807) is 29.3 Å². The first-order valence-corrected chi connectivity index (χ1v) is 11.2. The first-order chi connectivity index (χ1) is 15.6. The highest BCUT2D eigenvalue weighted by Crippen LogP contribution is 2.29. The summed E-state index contributed by atoms with van der Waals surface area (Å²) in [4.78, 5) is 27.0. The fourth-order valence-electron chi connectivity index (χ4n) is 3.84. The van der Waals surface area contributed by atoms with Gasteiger partial charge in [0.2, 0.25) is 5.91 Å². The molecule has 1 saturated heterocycles. The summed E-state index contributed by atoms with van der Waals surface area (Å²) in [5, 5.41) is 15.2. The van der Waals surface area contributed by atoms with Crippen LogP contribution in [0, 0.1) is 0 Å². The molecule has 1 aliphatic rings. The molecule has 2 aromatic heterocycles. The molecule has 0 spiro atoms. The predicted molar refractivity (Wildman–Crippen MR) is 118 cm³/mol. The average Bonchev–Trinajstić information content (AvgIpc) is 3.58. The number of benzene rings is 1. The Labute approximate surface area is 189 Å². The van der Waals surface area contributed by atoms with Gasteiger partial charge in [-0.3, -0.25) is 9.69 Å². The highest BCUT2D eigenvalue weighted by Gasteiger charge is 2.38. The van der Waals surface area contributed by atoms with Crippen LogP contribution in [0.25, 0.3) is 0 Å². The van der Waals surface area contributed by atoms with E-state index < -0.39 is 5.97 Å². The Hall–Kier alpha value is -3.24. The maximum absolute atomic E-state index is 13.1. The van der Waals surface area contributed by atoms with E-state index in [1.165, 1.54) is 7.11 Å². The van der Waals surface area contributed by atoms with Gasteiger partial charge in [-0.05, 0) is 46.5 Å². The highest BCUT2D eigenvalue weighted by molar-refractivity contribution is 7.07. The van der Waals surface area contributed by atoms with Gasteiger partial charge < -0.3 is 14.8 Å². The summed E-state index contributed by atoms with van der Waals surface area (Å²) >= 11 is 1.63. The number of carbonyl (C=O) groups is 2. The SMILES string of the molecule is COC(=O)c1cn([C@@H]2C[C@@H](C(=O)NCc3ccc(OC)cc3)N(Cc3ccsc3)C2)nn1. The first kappa shape index (κ1) is 22.0. The molecule has 1 fully saturated rings. The number of thiophene rings is 1. The lowest BCUT2D eigenvalue weighted by Gasteiger charge is -2.23. The van der Waals surface area contributed by atoms with E-state index >= 15 is 0 Å². The van der Waals surface area contributed by atoms with Gasteiger partial charge in [-0.15, -0.1) is 5.10 Å². The Morgan fingerprint density at radius 1 is 1.19 bits per heavy atom. The van der Waals surface area contributed by atoms with Crippen LogP contribution in [-0.4, -0.2) is 58.6 Å². The summed E-state index contributed by atoms with van der Waals surface area (Å²) < 4.78 is 11.6. The molecule has 0 saturated carbocycles. The van der Waals surface area contributed by atoms with Crippen LogP contribution in [0.15, 0.2) is 47.3 Å². The van der Waals surface area contributed by atoms with Gasteiger partial charge in [0.05, 0.1) is 32.5 Å². The number of aromatic nitrogens is 3. The van der Waals surface area contributed by atoms with Crippen molar-refractivity contribution in [3.63, 3.8) is 0 Å². The molecule has 0 unspecified atom stereocenters. The van der Waals surface area contributed by atoms with Crippen LogP contribution in [0.3, 0.4) is 0 Å². The molecule has 1 aliphatic heterocycles. The number of ether oxygens (including phenoxy) is 2. The lowest BCUT2D eigenvalue weighted by atomic mass is 10.1. The van der Waals surface area contributed by atoms with Gasteiger partial charge in [-0.2, -0.15) is 11.3 Å². The van der Waals surface area contributed by atoms with Crippen LogP contribution >= 0.6 is 11.3 Å². The molecule has 168 valence electrons. The van der Waals surface area contributed by atoms with E-state index in [0.717, 1.165) is 16.9 Å². The van der Waals surface area contributed by atoms with Crippen molar-refractivity contribution in [1.29, 1.82) is 0 Å². The molecular formula is C22H25N5O4S. The van der Waals surface area contributed by atoms with Crippen molar-refractivity contribution in [3.8, 4) is 5.75 Å². The van der Waals surface area contributed by atoms with Crippen LogP contribution < -0.4 is 10.1 Å². The summed E-state index contributed by atoms with van der Waals surface area (Å²) in [5.74, 6) is 0.213. The van der Waals surface area contributed by atoms with Crippen molar-refractivity contribution in [2.75, 3.05) is 20.8 Å². The van der Waals surface area contributed by atoms with Crippen molar-refractivity contribution < 1.29 is 19.1 Å². The summed E-state index contributed by atoms with van der Waals surface area (Å²) in [5.41, 5.74) is 2.32. The number of nitrogens with one attached hydrogen (secondary N) is 1. The summed E-state index contributed by atoms with van der Waals surface area (Å²) in [6.07, 6.45) is 2.15. The van der Waals surface area contributed by atoms with Crippen LogP contribution in [0.2, 0.25) is 0 Å². The van der Waals surface area contributed by atoms with Gasteiger partial charge in [0.25, 0.3) is 0 Å². The average molecular weight is 456 g/mol. The molecule has 32 heavy (non-hydrogen) atoms. The van der Waals surface area contributed by atoms with E-state index in [1.807, 2.05) is 29.6 Å². The molecule has 1 N–H and O–H groups in total. The quantitative estimate of drug-likeness (QED) is 0.520. The van der Waals surface area contributed by atoms with E-state index in [9.17, 15) is 9.59 Å². The summed E-state index contributed by atoms with van der Waals surface area (Å²) in [7, 11) is 2.93. The first-order valence-electron chi connectivity index (χ1n) is 10.2. The predicted octanol–water partition coefficient (Wildman–Crippen LogP) is 2.27. The van der Waals surface area contributed by atoms with Crippen LogP contribution in [-0.2, 0) is 22.6 Å². The van der Waals surface area contributed by atoms with E-state index in [-0.39, 0.29) is 23.7 Å². The Kier molecular flexibility index (Phi) is 6.81. The second-order valence-electron chi connectivity index (χ2n) is 7.61. The molecule has 10 heteroatoms. The molecule has 9 nitrogen and oxygen atoms in total. The fraction of sp³-hybridized carbons (Fsp3) is 0.364. The zero-order chi connectivity index (χ0) is 22.5. The van der Waals surface area contributed by atoms with Crippen molar-refractivity contribution in [1.82, 2.24) is 25.2 Å². The molecule has 1 aromatic carbocycles. The summed E-state index contributed by atoms with van der Waals surface area (Å²) in [6, 6.07) is 9.29. The van der Waals surface area contributed by atoms with Crippen molar-refractivity contribution >= 4 is 23.2 Å². The molecule has 2 atom stereocenters.